The standard InChI is InChI=1S/C13H18N2O2/c1-10-9-16-13-11(3-2-4-12(13)17-10)15-7-5-14-6-8-15/h2-4,10,14H,5-9H2,1H3. The Bertz CT molecular complexity index is 402. The molecular weight excluding hydrogens is 216 g/mol. The number of hydrogen-bond donors (Lipinski definition) is 1. The molecule has 2 heterocycles. The lowest BCUT2D eigenvalue weighted by Crippen LogP contribution is -2.44. The Balaban J connectivity index is 1.91. The first kappa shape index (κ1) is 10.7. The average Bonchev–Trinajstić information content (AvgIpc) is 2.39. The van der Waals surface area contributed by atoms with Crippen molar-refractivity contribution in [3.63, 3.8) is 0 Å². The van der Waals surface area contributed by atoms with E-state index in [0.717, 1.165) is 43.4 Å². The monoisotopic (exact) mass is 234 g/mol. The normalized spacial score (nSPS) is 23.6. The van der Waals surface area contributed by atoms with Gasteiger partial charge in [-0.25, -0.2) is 0 Å². The molecule has 1 N–H and O–H groups in total. The summed E-state index contributed by atoms with van der Waals surface area (Å²) < 4.78 is 11.6. The number of nitrogens with zero attached hydrogens (tertiary/aromatic N) is 1. The van der Waals surface area contributed by atoms with Crippen LogP contribution in [0.15, 0.2) is 18.2 Å². The molecule has 0 amide bonds. The highest BCUT2D eigenvalue weighted by molar-refractivity contribution is 5.65. The Kier molecular flexibility index (Phi) is 2.81. The SMILES string of the molecule is CC1COc2c(cccc2N2CCNCC2)O1. The van der Waals surface area contributed by atoms with Crippen LogP contribution in [0.3, 0.4) is 0 Å². The number of anilines is 1. The molecule has 0 aromatic heterocycles. The van der Waals surface area contributed by atoms with Crippen molar-refractivity contribution in [2.45, 2.75) is 13.0 Å². The molecule has 3 rings (SSSR count). The molecule has 2 aliphatic heterocycles. The molecule has 1 saturated heterocycles. The molecule has 2 aliphatic rings. The van der Waals surface area contributed by atoms with Crippen LogP contribution in [0.2, 0.25) is 0 Å². The first-order valence-corrected chi connectivity index (χ1v) is 6.23. The minimum Gasteiger partial charge on any atom is -0.484 e. The summed E-state index contributed by atoms with van der Waals surface area (Å²) in [4.78, 5) is 2.36. The zero-order chi connectivity index (χ0) is 11.7. The van der Waals surface area contributed by atoms with Gasteiger partial charge in [0.25, 0.3) is 0 Å². The second kappa shape index (κ2) is 4.45. The zero-order valence-electron chi connectivity index (χ0n) is 10.1. The van der Waals surface area contributed by atoms with Crippen molar-refractivity contribution in [1.82, 2.24) is 5.32 Å². The number of benzene rings is 1. The Morgan fingerprint density at radius 1 is 1.29 bits per heavy atom. The van der Waals surface area contributed by atoms with Crippen molar-refractivity contribution >= 4 is 5.69 Å². The molecule has 17 heavy (non-hydrogen) atoms. The van der Waals surface area contributed by atoms with E-state index in [0.29, 0.717) is 6.61 Å². The summed E-state index contributed by atoms with van der Waals surface area (Å²) in [5.41, 5.74) is 1.16. The van der Waals surface area contributed by atoms with Crippen molar-refractivity contribution in [3.05, 3.63) is 18.2 Å². The smallest absolute Gasteiger partial charge is 0.184 e. The Morgan fingerprint density at radius 2 is 2.12 bits per heavy atom. The van der Waals surface area contributed by atoms with Crippen LogP contribution in [-0.4, -0.2) is 38.9 Å². The van der Waals surface area contributed by atoms with Crippen LogP contribution in [0.1, 0.15) is 6.92 Å². The lowest BCUT2D eigenvalue weighted by Gasteiger charge is -2.33. The molecule has 1 fully saturated rings. The number of ether oxygens (including phenoxy) is 2. The Hall–Kier alpha value is -1.42. The summed E-state index contributed by atoms with van der Waals surface area (Å²) >= 11 is 0. The highest BCUT2D eigenvalue weighted by Gasteiger charge is 2.23. The summed E-state index contributed by atoms with van der Waals surface area (Å²) in [5.74, 6) is 1.78. The lowest BCUT2D eigenvalue weighted by molar-refractivity contribution is 0.104. The first-order valence-electron chi connectivity index (χ1n) is 6.23. The molecule has 92 valence electrons. The lowest BCUT2D eigenvalue weighted by atomic mass is 10.2. The molecule has 0 saturated carbocycles. The Morgan fingerprint density at radius 3 is 2.94 bits per heavy atom. The van der Waals surface area contributed by atoms with Crippen LogP contribution in [0, 0.1) is 0 Å². The minimum atomic E-state index is 0.140. The molecule has 1 aromatic rings. The molecule has 1 aromatic carbocycles. The van der Waals surface area contributed by atoms with E-state index in [1.54, 1.807) is 0 Å². The van der Waals surface area contributed by atoms with Gasteiger partial charge in [0.1, 0.15) is 12.7 Å². The fourth-order valence-electron chi connectivity index (χ4n) is 2.35. The predicted molar refractivity (Wildman–Crippen MR) is 67.1 cm³/mol. The van der Waals surface area contributed by atoms with Crippen LogP contribution in [-0.2, 0) is 0 Å². The fraction of sp³-hybridized carbons (Fsp3) is 0.538. The van der Waals surface area contributed by atoms with E-state index in [-0.39, 0.29) is 6.10 Å². The third kappa shape index (κ3) is 2.05. The molecule has 1 atom stereocenters. The van der Waals surface area contributed by atoms with E-state index in [9.17, 15) is 0 Å². The molecule has 0 bridgehead atoms. The largest absolute Gasteiger partial charge is 0.484 e. The van der Waals surface area contributed by atoms with Gasteiger partial charge in [-0.15, -0.1) is 0 Å². The van der Waals surface area contributed by atoms with Crippen molar-refractivity contribution in [3.8, 4) is 11.5 Å². The van der Waals surface area contributed by atoms with E-state index in [1.165, 1.54) is 0 Å². The van der Waals surface area contributed by atoms with Crippen LogP contribution >= 0.6 is 0 Å². The summed E-state index contributed by atoms with van der Waals surface area (Å²) in [5, 5.41) is 3.36. The third-order valence-corrected chi connectivity index (χ3v) is 3.21. The van der Waals surface area contributed by atoms with Gasteiger partial charge in [0.15, 0.2) is 11.5 Å². The predicted octanol–water partition coefficient (Wildman–Crippen LogP) is 1.26. The number of nitrogens with one attached hydrogen (secondary N) is 1. The number of piperazine rings is 1. The molecular formula is C13H18N2O2. The Labute approximate surface area is 102 Å². The average molecular weight is 234 g/mol. The van der Waals surface area contributed by atoms with E-state index in [2.05, 4.69) is 16.3 Å². The van der Waals surface area contributed by atoms with Gasteiger partial charge in [-0.3, -0.25) is 0 Å². The van der Waals surface area contributed by atoms with E-state index in [4.69, 9.17) is 9.47 Å². The maximum Gasteiger partial charge on any atom is 0.184 e. The first-order chi connectivity index (χ1) is 8.34. The van der Waals surface area contributed by atoms with Gasteiger partial charge in [-0.05, 0) is 19.1 Å². The summed E-state index contributed by atoms with van der Waals surface area (Å²) in [6.45, 7) is 6.77. The van der Waals surface area contributed by atoms with Gasteiger partial charge in [-0.1, -0.05) is 6.07 Å². The van der Waals surface area contributed by atoms with Gasteiger partial charge in [0, 0.05) is 26.2 Å². The van der Waals surface area contributed by atoms with E-state index < -0.39 is 0 Å². The molecule has 4 nitrogen and oxygen atoms in total. The van der Waals surface area contributed by atoms with Crippen LogP contribution in [0.4, 0.5) is 5.69 Å². The van der Waals surface area contributed by atoms with Gasteiger partial charge in [0.05, 0.1) is 5.69 Å². The molecule has 4 heteroatoms. The highest BCUT2D eigenvalue weighted by atomic mass is 16.6. The summed E-state index contributed by atoms with van der Waals surface area (Å²) in [6.07, 6.45) is 0.140. The molecule has 1 unspecified atom stereocenters. The summed E-state index contributed by atoms with van der Waals surface area (Å²) in [6, 6.07) is 6.14. The number of fused-ring (bicyclic) bond motifs is 1. The van der Waals surface area contributed by atoms with Crippen LogP contribution in [0.5, 0.6) is 11.5 Å². The molecule has 0 aliphatic carbocycles. The number of hydrogen-bond acceptors (Lipinski definition) is 4. The minimum absolute atomic E-state index is 0.140. The maximum atomic E-state index is 5.83. The van der Waals surface area contributed by atoms with Gasteiger partial charge in [-0.2, -0.15) is 0 Å². The second-order valence-electron chi connectivity index (χ2n) is 4.58. The van der Waals surface area contributed by atoms with Crippen LogP contribution in [0.25, 0.3) is 0 Å². The molecule has 0 radical (unpaired) electrons. The van der Waals surface area contributed by atoms with Crippen molar-refractivity contribution < 1.29 is 9.47 Å². The van der Waals surface area contributed by atoms with Crippen molar-refractivity contribution in [2.75, 3.05) is 37.7 Å². The number of para-hydroxylation sites is 1. The topological polar surface area (TPSA) is 33.7 Å². The molecule has 0 spiro atoms. The van der Waals surface area contributed by atoms with E-state index >= 15 is 0 Å². The second-order valence-corrected chi connectivity index (χ2v) is 4.58. The summed E-state index contributed by atoms with van der Waals surface area (Å²) in [7, 11) is 0. The van der Waals surface area contributed by atoms with Crippen molar-refractivity contribution in [1.29, 1.82) is 0 Å². The quantitative estimate of drug-likeness (QED) is 0.793. The van der Waals surface area contributed by atoms with Crippen molar-refractivity contribution in [2.24, 2.45) is 0 Å². The van der Waals surface area contributed by atoms with Gasteiger partial charge >= 0.3 is 0 Å². The third-order valence-electron chi connectivity index (χ3n) is 3.21. The van der Waals surface area contributed by atoms with Gasteiger partial charge < -0.3 is 19.7 Å². The van der Waals surface area contributed by atoms with Gasteiger partial charge in [0.2, 0.25) is 0 Å². The zero-order valence-corrected chi connectivity index (χ0v) is 10.1. The fourth-order valence-corrected chi connectivity index (χ4v) is 2.35. The number of rotatable bonds is 1. The highest BCUT2D eigenvalue weighted by Crippen LogP contribution is 2.40. The van der Waals surface area contributed by atoms with Crippen LogP contribution < -0.4 is 19.7 Å². The maximum absolute atomic E-state index is 5.83. The van der Waals surface area contributed by atoms with E-state index in [1.807, 2.05) is 19.1 Å².